The molecular formula is C8H16O3. The molecule has 0 aliphatic heterocycles. The standard InChI is InChI=1S/C8H16O3/c1-2-3-4-7(6-9)5-8(10)11/h7,9H,2-6H2,1H3,(H,10,11)/t7-/m1/s1. The molecule has 0 saturated heterocycles. The Morgan fingerprint density at radius 3 is 2.55 bits per heavy atom. The zero-order chi connectivity index (χ0) is 8.69. The monoisotopic (exact) mass is 160 g/mol. The van der Waals surface area contributed by atoms with Gasteiger partial charge in [0.15, 0.2) is 0 Å². The first-order valence-electron chi connectivity index (χ1n) is 4.03. The number of aliphatic hydroxyl groups is 1. The molecule has 0 aliphatic rings. The maximum Gasteiger partial charge on any atom is 0.303 e. The summed E-state index contributed by atoms with van der Waals surface area (Å²) in [4.78, 5) is 10.2. The molecule has 0 bridgehead atoms. The predicted molar refractivity (Wildman–Crippen MR) is 42.4 cm³/mol. The van der Waals surface area contributed by atoms with Crippen molar-refractivity contribution in [2.24, 2.45) is 5.92 Å². The second-order valence-corrected chi connectivity index (χ2v) is 2.79. The van der Waals surface area contributed by atoms with E-state index in [2.05, 4.69) is 6.92 Å². The number of hydrogen-bond acceptors (Lipinski definition) is 2. The second kappa shape index (κ2) is 6.16. The van der Waals surface area contributed by atoms with E-state index in [1.54, 1.807) is 0 Å². The van der Waals surface area contributed by atoms with E-state index in [9.17, 15) is 4.79 Å². The number of carboxylic acids is 1. The zero-order valence-corrected chi connectivity index (χ0v) is 6.92. The van der Waals surface area contributed by atoms with Gasteiger partial charge in [-0.15, -0.1) is 0 Å². The van der Waals surface area contributed by atoms with Crippen LogP contribution in [0.1, 0.15) is 32.6 Å². The van der Waals surface area contributed by atoms with Crippen molar-refractivity contribution in [3.8, 4) is 0 Å². The first kappa shape index (κ1) is 10.4. The van der Waals surface area contributed by atoms with Crippen molar-refractivity contribution in [1.82, 2.24) is 0 Å². The van der Waals surface area contributed by atoms with Crippen LogP contribution >= 0.6 is 0 Å². The molecule has 0 aliphatic carbocycles. The Hall–Kier alpha value is -0.570. The van der Waals surface area contributed by atoms with Gasteiger partial charge in [-0.25, -0.2) is 0 Å². The van der Waals surface area contributed by atoms with Crippen LogP contribution in [0.5, 0.6) is 0 Å². The van der Waals surface area contributed by atoms with Crippen molar-refractivity contribution in [1.29, 1.82) is 0 Å². The third-order valence-electron chi connectivity index (χ3n) is 1.69. The fourth-order valence-electron chi connectivity index (χ4n) is 0.998. The summed E-state index contributed by atoms with van der Waals surface area (Å²) in [7, 11) is 0. The summed E-state index contributed by atoms with van der Waals surface area (Å²) in [6.07, 6.45) is 2.96. The van der Waals surface area contributed by atoms with Crippen LogP contribution in [0, 0.1) is 5.92 Å². The summed E-state index contributed by atoms with van der Waals surface area (Å²) in [6, 6.07) is 0. The Kier molecular flexibility index (Phi) is 5.84. The molecule has 3 nitrogen and oxygen atoms in total. The summed E-state index contributed by atoms with van der Waals surface area (Å²) >= 11 is 0. The molecule has 0 unspecified atom stereocenters. The minimum absolute atomic E-state index is 0.00764. The molecule has 0 rings (SSSR count). The average Bonchev–Trinajstić information content (AvgIpc) is 1.97. The highest BCUT2D eigenvalue weighted by Crippen LogP contribution is 2.11. The lowest BCUT2D eigenvalue weighted by molar-refractivity contribution is -0.138. The van der Waals surface area contributed by atoms with E-state index in [1.807, 2.05) is 0 Å². The molecule has 0 amide bonds. The van der Waals surface area contributed by atoms with Crippen LogP contribution in [0.15, 0.2) is 0 Å². The SMILES string of the molecule is CCCC[C@@H](CO)CC(=O)O. The number of unbranched alkanes of at least 4 members (excludes halogenated alkanes) is 1. The minimum Gasteiger partial charge on any atom is -0.481 e. The fourth-order valence-corrected chi connectivity index (χ4v) is 0.998. The normalized spacial score (nSPS) is 12.9. The van der Waals surface area contributed by atoms with Gasteiger partial charge in [0.05, 0.1) is 6.42 Å². The largest absolute Gasteiger partial charge is 0.481 e. The molecule has 0 aromatic rings. The molecule has 2 N–H and O–H groups in total. The summed E-state index contributed by atoms with van der Waals surface area (Å²) in [6.45, 7) is 2.04. The molecule has 3 heteroatoms. The first-order valence-corrected chi connectivity index (χ1v) is 4.03. The van der Waals surface area contributed by atoms with Crippen LogP contribution < -0.4 is 0 Å². The molecule has 0 aromatic heterocycles. The topological polar surface area (TPSA) is 57.5 Å². The van der Waals surface area contributed by atoms with Crippen LogP contribution in [0.4, 0.5) is 0 Å². The maximum atomic E-state index is 10.2. The van der Waals surface area contributed by atoms with Gasteiger partial charge in [-0.3, -0.25) is 4.79 Å². The fraction of sp³-hybridized carbons (Fsp3) is 0.875. The summed E-state index contributed by atoms with van der Waals surface area (Å²) in [5.41, 5.74) is 0. The second-order valence-electron chi connectivity index (χ2n) is 2.79. The summed E-state index contributed by atoms with van der Waals surface area (Å²) < 4.78 is 0. The number of rotatable bonds is 6. The highest BCUT2D eigenvalue weighted by atomic mass is 16.4. The molecule has 0 fully saturated rings. The zero-order valence-electron chi connectivity index (χ0n) is 6.92. The van der Waals surface area contributed by atoms with E-state index in [0.717, 1.165) is 19.3 Å². The van der Waals surface area contributed by atoms with Crippen LogP contribution in [0.2, 0.25) is 0 Å². The summed E-state index contributed by atoms with van der Waals surface area (Å²) in [5.74, 6) is -0.868. The highest BCUT2D eigenvalue weighted by molar-refractivity contribution is 5.66. The Bertz CT molecular complexity index is 112. The van der Waals surface area contributed by atoms with Gasteiger partial charge in [0.25, 0.3) is 0 Å². The van der Waals surface area contributed by atoms with Crippen molar-refractivity contribution in [2.45, 2.75) is 32.6 Å². The number of aliphatic hydroxyl groups excluding tert-OH is 1. The lowest BCUT2D eigenvalue weighted by atomic mass is 10.00. The van der Waals surface area contributed by atoms with Crippen LogP contribution in [0.25, 0.3) is 0 Å². The third-order valence-corrected chi connectivity index (χ3v) is 1.69. The van der Waals surface area contributed by atoms with Crippen molar-refractivity contribution < 1.29 is 15.0 Å². The lowest BCUT2D eigenvalue weighted by Crippen LogP contribution is -2.11. The van der Waals surface area contributed by atoms with Crippen molar-refractivity contribution >= 4 is 5.97 Å². The smallest absolute Gasteiger partial charge is 0.303 e. The lowest BCUT2D eigenvalue weighted by Gasteiger charge is -2.09. The van der Waals surface area contributed by atoms with Gasteiger partial charge in [-0.2, -0.15) is 0 Å². The summed E-state index contributed by atoms with van der Waals surface area (Å²) in [5, 5.41) is 17.1. The van der Waals surface area contributed by atoms with E-state index in [4.69, 9.17) is 10.2 Å². The molecule has 11 heavy (non-hydrogen) atoms. The van der Waals surface area contributed by atoms with Crippen LogP contribution in [0.3, 0.4) is 0 Å². The molecule has 0 heterocycles. The quantitative estimate of drug-likeness (QED) is 0.615. The Morgan fingerprint density at radius 1 is 1.55 bits per heavy atom. The van der Waals surface area contributed by atoms with Crippen LogP contribution in [-0.2, 0) is 4.79 Å². The molecule has 0 radical (unpaired) electrons. The van der Waals surface area contributed by atoms with Gasteiger partial charge in [-0.05, 0) is 12.3 Å². The van der Waals surface area contributed by atoms with Gasteiger partial charge < -0.3 is 10.2 Å². The number of aliphatic carboxylic acids is 1. The van der Waals surface area contributed by atoms with Gasteiger partial charge in [0, 0.05) is 6.61 Å². The predicted octanol–water partition coefficient (Wildman–Crippen LogP) is 1.26. The van der Waals surface area contributed by atoms with E-state index in [1.165, 1.54) is 0 Å². The first-order chi connectivity index (χ1) is 5.20. The van der Waals surface area contributed by atoms with Gasteiger partial charge in [-0.1, -0.05) is 19.8 Å². The van der Waals surface area contributed by atoms with Crippen LogP contribution in [-0.4, -0.2) is 22.8 Å². The molecule has 1 atom stereocenters. The number of hydrogen-bond donors (Lipinski definition) is 2. The molecule has 0 aromatic carbocycles. The van der Waals surface area contributed by atoms with E-state index in [-0.39, 0.29) is 18.9 Å². The van der Waals surface area contributed by atoms with Crippen molar-refractivity contribution in [3.05, 3.63) is 0 Å². The van der Waals surface area contributed by atoms with Crippen molar-refractivity contribution in [3.63, 3.8) is 0 Å². The highest BCUT2D eigenvalue weighted by Gasteiger charge is 2.10. The van der Waals surface area contributed by atoms with Gasteiger partial charge in [0.2, 0.25) is 0 Å². The number of carboxylic acid groups (broad SMARTS) is 1. The molecular weight excluding hydrogens is 144 g/mol. The average molecular weight is 160 g/mol. The third kappa shape index (κ3) is 5.85. The number of carbonyl (C=O) groups is 1. The minimum atomic E-state index is -0.819. The van der Waals surface area contributed by atoms with E-state index < -0.39 is 5.97 Å². The maximum absolute atomic E-state index is 10.2. The van der Waals surface area contributed by atoms with Crippen molar-refractivity contribution in [2.75, 3.05) is 6.61 Å². The van der Waals surface area contributed by atoms with E-state index >= 15 is 0 Å². The van der Waals surface area contributed by atoms with Gasteiger partial charge >= 0.3 is 5.97 Å². The molecule has 0 saturated carbocycles. The Labute approximate surface area is 67.0 Å². The Morgan fingerprint density at radius 2 is 2.18 bits per heavy atom. The Balaban J connectivity index is 3.49. The van der Waals surface area contributed by atoms with E-state index in [0.29, 0.717) is 0 Å². The molecule has 0 spiro atoms. The molecule has 66 valence electrons. The van der Waals surface area contributed by atoms with Gasteiger partial charge in [0.1, 0.15) is 0 Å².